The van der Waals surface area contributed by atoms with Crippen molar-refractivity contribution in [3.05, 3.63) is 66.2 Å². The Morgan fingerprint density at radius 2 is 1.41 bits per heavy atom. The van der Waals surface area contributed by atoms with Gasteiger partial charge in [-0.05, 0) is 76.3 Å². The number of aromatic nitrogens is 1. The molecule has 0 saturated heterocycles. The lowest BCUT2D eigenvalue weighted by atomic mass is 9.85. The molecular formula is C30H25NO2S. The zero-order valence-electron chi connectivity index (χ0n) is 19.9. The van der Waals surface area contributed by atoms with Crippen molar-refractivity contribution in [3.8, 4) is 11.5 Å². The molecule has 7 aromatic rings. The van der Waals surface area contributed by atoms with Crippen molar-refractivity contribution in [2.45, 2.75) is 26.2 Å². The third-order valence-electron chi connectivity index (χ3n) is 7.23. The molecule has 0 amide bonds. The molecule has 4 aromatic carbocycles. The van der Waals surface area contributed by atoms with E-state index in [0.29, 0.717) is 0 Å². The first-order chi connectivity index (χ1) is 16.4. The van der Waals surface area contributed by atoms with Gasteiger partial charge in [0.15, 0.2) is 0 Å². The predicted octanol–water partition coefficient (Wildman–Crippen LogP) is 8.52. The van der Waals surface area contributed by atoms with Crippen LogP contribution in [0.4, 0.5) is 0 Å². The molecule has 0 aliphatic rings. The van der Waals surface area contributed by atoms with Gasteiger partial charge in [0.1, 0.15) is 11.5 Å². The number of hydrogen-bond acceptors (Lipinski definition) is 3. The van der Waals surface area contributed by atoms with E-state index in [2.05, 4.69) is 79.8 Å². The summed E-state index contributed by atoms with van der Waals surface area (Å²) in [4.78, 5) is 0. The number of methoxy groups -OCH3 is 2. The van der Waals surface area contributed by atoms with E-state index in [4.69, 9.17) is 9.47 Å². The van der Waals surface area contributed by atoms with Crippen molar-refractivity contribution >= 4 is 69.6 Å². The van der Waals surface area contributed by atoms with Gasteiger partial charge in [-0.25, -0.2) is 0 Å². The minimum Gasteiger partial charge on any atom is -0.497 e. The second kappa shape index (κ2) is 6.55. The largest absolute Gasteiger partial charge is 0.497 e. The Morgan fingerprint density at radius 3 is 2.18 bits per heavy atom. The van der Waals surface area contributed by atoms with Gasteiger partial charge in [0.2, 0.25) is 0 Å². The van der Waals surface area contributed by atoms with Gasteiger partial charge in [-0.3, -0.25) is 0 Å². The maximum absolute atomic E-state index is 5.53. The smallest absolute Gasteiger partial charge is 0.120 e. The number of thiophene rings is 1. The molecule has 0 aliphatic heterocycles. The Bertz CT molecular complexity index is 1920. The van der Waals surface area contributed by atoms with Crippen LogP contribution in [-0.4, -0.2) is 18.6 Å². The highest BCUT2D eigenvalue weighted by Crippen LogP contribution is 2.48. The Hall–Kier alpha value is -3.50. The molecule has 0 spiro atoms. The van der Waals surface area contributed by atoms with E-state index in [0.717, 1.165) is 11.5 Å². The Kier molecular flexibility index (Phi) is 3.84. The zero-order valence-corrected chi connectivity index (χ0v) is 20.8. The summed E-state index contributed by atoms with van der Waals surface area (Å²) < 4.78 is 16.1. The number of benzene rings is 4. The quantitative estimate of drug-likeness (QED) is 0.256. The molecule has 0 atom stereocenters. The molecule has 168 valence electrons. The van der Waals surface area contributed by atoms with Crippen molar-refractivity contribution in [2.24, 2.45) is 0 Å². The lowest BCUT2D eigenvalue weighted by Gasteiger charge is -2.19. The van der Waals surface area contributed by atoms with Gasteiger partial charge >= 0.3 is 0 Å². The first-order valence-electron chi connectivity index (χ1n) is 11.6. The van der Waals surface area contributed by atoms with Crippen LogP contribution in [0.25, 0.3) is 58.3 Å². The molecular weight excluding hydrogens is 438 g/mol. The van der Waals surface area contributed by atoms with Crippen LogP contribution in [0, 0.1) is 0 Å². The van der Waals surface area contributed by atoms with Gasteiger partial charge in [-0.2, -0.15) is 0 Å². The summed E-state index contributed by atoms with van der Waals surface area (Å²) in [6.07, 6.45) is 0. The molecule has 0 N–H and O–H groups in total. The summed E-state index contributed by atoms with van der Waals surface area (Å²) in [6.45, 7) is 6.90. The Labute approximate surface area is 201 Å². The summed E-state index contributed by atoms with van der Waals surface area (Å²) in [6, 6.07) is 22.3. The number of hydrogen-bond donors (Lipinski definition) is 0. The molecule has 7 rings (SSSR count). The monoisotopic (exact) mass is 463 g/mol. The van der Waals surface area contributed by atoms with E-state index in [1.54, 1.807) is 14.2 Å². The molecule has 0 unspecified atom stereocenters. The number of ether oxygens (including phenoxy) is 2. The van der Waals surface area contributed by atoms with Crippen molar-refractivity contribution in [2.75, 3.05) is 14.2 Å². The fraction of sp³-hybridized carbons (Fsp3) is 0.200. The Balaban J connectivity index is 1.75. The van der Waals surface area contributed by atoms with Crippen LogP contribution in [0.1, 0.15) is 26.3 Å². The van der Waals surface area contributed by atoms with Crippen LogP contribution in [-0.2, 0) is 5.41 Å². The molecule has 0 saturated carbocycles. The standard InChI is InChI=1S/C30H25NO2S/c1-30(2,3)18-13-23-22-11-16-6-7-19(32-4)10-17(16)12-25(22)31-27(23)24(14-18)29-28(31)21-9-8-20(33-5)15-26(21)34-29/h6-15H,1-5H3. The number of fused-ring (bicyclic) bond motifs is 9. The maximum Gasteiger partial charge on any atom is 0.120 e. The van der Waals surface area contributed by atoms with Gasteiger partial charge in [-0.1, -0.05) is 26.8 Å². The molecule has 0 aliphatic carbocycles. The highest BCUT2D eigenvalue weighted by atomic mass is 32.1. The predicted molar refractivity (Wildman–Crippen MR) is 146 cm³/mol. The van der Waals surface area contributed by atoms with E-state index in [9.17, 15) is 0 Å². The van der Waals surface area contributed by atoms with E-state index in [-0.39, 0.29) is 5.41 Å². The molecule has 0 fully saturated rings. The van der Waals surface area contributed by atoms with Gasteiger partial charge in [-0.15, -0.1) is 11.3 Å². The average molecular weight is 464 g/mol. The fourth-order valence-electron chi connectivity index (χ4n) is 5.43. The third kappa shape index (κ3) is 2.52. The average Bonchev–Trinajstić information content (AvgIpc) is 3.45. The van der Waals surface area contributed by atoms with Crippen molar-refractivity contribution < 1.29 is 9.47 Å². The molecule has 3 aromatic heterocycles. The number of rotatable bonds is 2. The minimum atomic E-state index is 0.0615. The molecule has 34 heavy (non-hydrogen) atoms. The summed E-state index contributed by atoms with van der Waals surface area (Å²) in [5.74, 6) is 1.78. The van der Waals surface area contributed by atoms with Crippen LogP contribution >= 0.6 is 11.3 Å². The molecule has 3 heterocycles. The summed E-state index contributed by atoms with van der Waals surface area (Å²) in [5.41, 5.74) is 5.30. The van der Waals surface area contributed by atoms with Crippen LogP contribution in [0.2, 0.25) is 0 Å². The second-order valence-corrected chi connectivity index (χ2v) is 11.3. The molecule has 3 nitrogen and oxygen atoms in total. The second-order valence-electron chi connectivity index (χ2n) is 10.2. The SMILES string of the molecule is COc1ccc2cc3c4cc(C(C)(C)C)cc5c6sc7cc(OC)ccc7c6n(c3cc2c1)c45. The highest BCUT2D eigenvalue weighted by molar-refractivity contribution is 7.26. The normalized spacial score (nSPS) is 12.9. The van der Waals surface area contributed by atoms with Crippen LogP contribution in [0.3, 0.4) is 0 Å². The first-order valence-corrected chi connectivity index (χ1v) is 12.4. The van der Waals surface area contributed by atoms with Crippen molar-refractivity contribution in [1.29, 1.82) is 0 Å². The molecule has 0 radical (unpaired) electrons. The van der Waals surface area contributed by atoms with Gasteiger partial charge < -0.3 is 13.9 Å². The Morgan fingerprint density at radius 1 is 0.676 bits per heavy atom. The molecule has 4 heteroatoms. The topological polar surface area (TPSA) is 22.9 Å². The van der Waals surface area contributed by atoms with Gasteiger partial charge in [0.25, 0.3) is 0 Å². The number of nitrogens with zero attached hydrogens (tertiary/aromatic N) is 1. The van der Waals surface area contributed by atoms with E-state index in [1.807, 2.05) is 17.4 Å². The van der Waals surface area contributed by atoms with E-state index < -0.39 is 0 Å². The van der Waals surface area contributed by atoms with Crippen LogP contribution in [0.5, 0.6) is 11.5 Å². The molecule has 0 bridgehead atoms. The van der Waals surface area contributed by atoms with Gasteiger partial charge in [0.05, 0.1) is 35.5 Å². The van der Waals surface area contributed by atoms with Crippen molar-refractivity contribution in [1.82, 2.24) is 4.40 Å². The van der Waals surface area contributed by atoms with Crippen LogP contribution < -0.4 is 9.47 Å². The van der Waals surface area contributed by atoms with Crippen molar-refractivity contribution in [3.63, 3.8) is 0 Å². The lowest BCUT2D eigenvalue weighted by Crippen LogP contribution is -2.10. The van der Waals surface area contributed by atoms with Gasteiger partial charge in [0, 0.05) is 26.2 Å². The maximum atomic E-state index is 5.53. The summed E-state index contributed by atoms with van der Waals surface area (Å²) in [5, 5.41) is 7.68. The summed E-state index contributed by atoms with van der Waals surface area (Å²) in [7, 11) is 3.46. The van der Waals surface area contributed by atoms with E-state index >= 15 is 0 Å². The fourth-order valence-corrected chi connectivity index (χ4v) is 6.66. The minimum absolute atomic E-state index is 0.0615. The van der Waals surface area contributed by atoms with Crippen LogP contribution in [0.15, 0.2) is 60.7 Å². The van der Waals surface area contributed by atoms with E-state index in [1.165, 1.54) is 63.8 Å². The zero-order chi connectivity index (χ0) is 23.4. The first kappa shape index (κ1) is 19.9. The lowest BCUT2D eigenvalue weighted by molar-refractivity contribution is 0.415. The highest BCUT2D eigenvalue weighted by Gasteiger charge is 2.25. The third-order valence-corrected chi connectivity index (χ3v) is 8.41. The summed E-state index contributed by atoms with van der Waals surface area (Å²) >= 11 is 1.87.